The lowest BCUT2D eigenvalue weighted by molar-refractivity contribution is -0.155. The number of aliphatic hydroxyl groups is 2. The van der Waals surface area contributed by atoms with E-state index in [4.69, 9.17) is 9.47 Å². The summed E-state index contributed by atoms with van der Waals surface area (Å²) in [7, 11) is 1.49. The smallest absolute Gasteiger partial charge is 0.345 e. The molecule has 1 aromatic heterocycles. The molecule has 0 radical (unpaired) electrons. The fraction of sp³-hybridized carbons (Fsp3) is 0.182. The molecule has 14 nitrogen and oxygen atoms in total. The number of fused-ring (bicyclic) bond motifs is 1. The molecule has 0 aliphatic rings. The van der Waals surface area contributed by atoms with Crippen molar-refractivity contribution in [1.82, 2.24) is 20.9 Å². The van der Waals surface area contributed by atoms with Gasteiger partial charge in [-0.3, -0.25) is 14.4 Å². The number of carbonyl (C=O) groups excluding carboxylic acids is 2. The molecule has 2 amide bonds. The first kappa shape index (κ1) is 40.7. The van der Waals surface area contributed by atoms with Crippen LogP contribution in [0, 0.1) is 0 Å². The van der Waals surface area contributed by atoms with E-state index in [0.717, 1.165) is 11.1 Å². The summed E-state index contributed by atoms with van der Waals surface area (Å²) < 4.78 is 11.4. The second-order valence-electron chi connectivity index (χ2n) is 13.4. The quantitative estimate of drug-likeness (QED) is 0.0615. The van der Waals surface area contributed by atoms with E-state index in [1.54, 1.807) is 97.1 Å². The number of aromatic amines is 1. The maximum atomic E-state index is 12.9. The molecule has 0 aliphatic carbocycles. The molecule has 6 aromatic rings. The number of hydrogen-bond donors (Lipinski definition) is 8. The van der Waals surface area contributed by atoms with Gasteiger partial charge in [0.15, 0.2) is 0 Å². The minimum Gasteiger partial charge on any atom is -0.506 e. The van der Waals surface area contributed by atoms with Gasteiger partial charge in [-0.25, -0.2) is 4.79 Å². The van der Waals surface area contributed by atoms with Gasteiger partial charge < -0.3 is 50.8 Å². The first-order valence-corrected chi connectivity index (χ1v) is 18.3. The van der Waals surface area contributed by atoms with Crippen LogP contribution in [0.2, 0.25) is 0 Å². The van der Waals surface area contributed by atoms with Crippen LogP contribution >= 0.6 is 0 Å². The number of aliphatic carboxylic acids is 1. The molecule has 58 heavy (non-hydrogen) atoms. The van der Waals surface area contributed by atoms with Crippen LogP contribution in [0.3, 0.4) is 0 Å². The summed E-state index contributed by atoms with van der Waals surface area (Å²) in [5.74, 6) is -1.37. The monoisotopic (exact) mass is 786 g/mol. The Bertz CT molecular complexity index is 2470. The zero-order valence-electron chi connectivity index (χ0n) is 31.4. The highest BCUT2D eigenvalue weighted by atomic mass is 16.5. The van der Waals surface area contributed by atoms with Gasteiger partial charge in [0.05, 0.1) is 18.7 Å². The van der Waals surface area contributed by atoms with E-state index in [-0.39, 0.29) is 66.0 Å². The molecule has 14 heteroatoms. The lowest BCUT2D eigenvalue weighted by Gasteiger charge is -2.25. The van der Waals surface area contributed by atoms with E-state index in [1.165, 1.54) is 31.4 Å². The molecular weight excluding hydrogens is 745 g/mol. The van der Waals surface area contributed by atoms with Gasteiger partial charge in [-0.2, -0.15) is 0 Å². The number of aromatic nitrogens is 1. The fourth-order valence-electron chi connectivity index (χ4n) is 6.41. The molecule has 2 unspecified atom stereocenters. The molecule has 5 aromatic carbocycles. The SMILES string of the molecule is COc1cc(C(=O)NCCNC(=O)c2ccc(COc3cccc(C(O)(C(=O)O)c4ccccc4)c3)cc2)ccc1CNCC(O)c1ccc(O)c2[nH]c(=O)ccc12. The fourth-order valence-corrected chi connectivity index (χ4v) is 6.41. The van der Waals surface area contributed by atoms with E-state index in [2.05, 4.69) is 20.9 Å². The van der Waals surface area contributed by atoms with Crippen molar-refractivity contribution in [1.29, 1.82) is 0 Å². The van der Waals surface area contributed by atoms with Crippen LogP contribution in [-0.4, -0.2) is 69.9 Å². The Labute approximate surface area is 332 Å². The first-order chi connectivity index (χ1) is 28.0. The van der Waals surface area contributed by atoms with Crippen LogP contribution in [0.4, 0.5) is 0 Å². The Morgan fingerprint density at radius 1 is 0.793 bits per heavy atom. The summed E-state index contributed by atoms with van der Waals surface area (Å²) in [4.78, 5) is 52.1. The van der Waals surface area contributed by atoms with E-state index < -0.39 is 17.7 Å². The summed E-state index contributed by atoms with van der Waals surface area (Å²) in [5, 5.41) is 51.3. The van der Waals surface area contributed by atoms with Gasteiger partial charge in [0.1, 0.15) is 23.9 Å². The minimum atomic E-state index is -2.26. The third kappa shape index (κ3) is 9.33. The molecule has 6 rings (SSSR count). The van der Waals surface area contributed by atoms with E-state index in [0.29, 0.717) is 40.1 Å². The highest BCUT2D eigenvalue weighted by molar-refractivity contribution is 5.95. The predicted molar refractivity (Wildman–Crippen MR) is 215 cm³/mol. The number of carboxylic acid groups (broad SMARTS) is 1. The average molecular weight is 787 g/mol. The lowest BCUT2D eigenvalue weighted by atomic mass is 9.86. The van der Waals surface area contributed by atoms with Crippen molar-refractivity contribution in [2.45, 2.75) is 24.9 Å². The Hall–Kier alpha value is -7.00. The maximum absolute atomic E-state index is 12.9. The van der Waals surface area contributed by atoms with E-state index in [9.17, 15) is 39.6 Å². The van der Waals surface area contributed by atoms with Crippen molar-refractivity contribution >= 4 is 28.7 Å². The van der Waals surface area contributed by atoms with Gasteiger partial charge in [0, 0.05) is 59.9 Å². The number of nitrogens with one attached hydrogen (secondary N) is 4. The largest absolute Gasteiger partial charge is 0.506 e. The Balaban J connectivity index is 0.947. The van der Waals surface area contributed by atoms with Crippen LogP contribution in [0.5, 0.6) is 17.2 Å². The van der Waals surface area contributed by atoms with Crippen molar-refractivity contribution in [2.75, 3.05) is 26.7 Å². The third-order valence-corrected chi connectivity index (χ3v) is 9.54. The Morgan fingerprint density at radius 3 is 2.19 bits per heavy atom. The number of phenols is 1. The van der Waals surface area contributed by atoms with E-state index in [1.807, 2.05) is 0 Å². The molecule has 2 atom stereocenters. The van der Waals surface area contributed by atoms with Crippen molar-refractivity contribution in [3.63, 3.8) is 0 Å². The number of carbonyl (C=O) groups is 3. The van der Waals surface area contributed by atoms with Gasteiger partial charge in [-0.1, -0.05) is 66.7 Å². The number of aliphatic hydroxyl groups excluding tert-OH is 1. The second-order valence-corrected chi connectivity index (χ2v) is 13.4. The van der Waals surface area contributed by atoms with Crippen LogP contribution in [0.15, 0.2) is 126 Å². The normalized spacial score (nSPS) is 12.6. The molecular formula is C44H42N4O10. The highest BCUT2D eigenvalue weighted by Crippen LogP contribution is 2.33. The number of carboxylic acids is 1. The average Bonchev–Trinajstić information content (AvgIpc) is 3.24. The summed E-state index contributed by atoms with van der Waals surface area (Å²) in [5.41, 5.74) is 0.778. The molecule has 0 fully saturated rings. The number of aromatic hydroxyl groups is 1. The van der Waals surface area contributed by atoms with Crippen molar-refractivity contribution in [3.05, 3.63) is 171 Å². The van der Waals surface area contributed by atoms with Crippen molar-refractivity contribution < 1.29 is 44.3 Å². The lowest BCUT2D eigenvalue weighted by Crippen LogP contribution is -2.36. The van der Waals surface area contributed by atoms with E-state index >= 15 is 0 Å². The number of ether oxygens (including phenoxy) is 2. The summed E-state index contributed by atoms with van der Waals surface area (Å²) in [6.07, 6.45) is -0.945. The van der Waals surface area contributed by atoms with Crippen LogP contribution in [-0.2, 0) is 23.5 Å². The zero-order valence-corrected chi connectivity index (χ0v) is 31.4. The summed E-state index contributed by atoms with van der Waals surface area (Å²) in [6, 6.07) is 32.0. The molecule has 8 N–H and O–H groups in total. The molecule has 1 heterocycles. The van der Waals surface area contributed by atoms with Gasteiger partial charge in [-0.05, 0) is 65.2 Å². The van der Waals surface area contributed by atoms with Crippen LogP contribution < -0.4 is 31.0 Å². The molecule has 0 spiro atoms. The number of amides is 2. The third-order valence-electron chi connectivity index (χ3n) is 9.54. The summed E-state index contributed by atoms with van der Waals surface area (Å²) in [6.45, 7) is 0.941. The van der Waals surface area contributed by atoms with Crippen LogP contribution in [0.25, 0.3) is 10.9 Å². The predicted octanol–water partition coefficient (Wildman–Crippen LogP) is 4.12. The maximum Gasteiger partial charge on any atom is 0.345 e. The molecule has 0 saturated carbocycles. The number of phenolic OH excluding ortho intramolecular Hbond substituents is 1. The van der Waals surface area contributed by atoms with Crippen molar-refractivity contribution in [2.24, 2.45) is 0 Å². The van der Waals surface area contributed by atoms with Crippen molar-refractivity contribution in [3.8, 4) is 17.2 Å². The van der Waals surface area contributed by atoms with Gasteiger partial charge in [0.2, 0.25) is 11.2 Å². The molecule has 298 valence electrons. The number of pyridine rings is 1. The van der Waals surface area contributed by atoms with Gasteiger partial charge >= 0.3 is 5.97 Å². The number of hydrogen-bond acceptors (Lipinski definition) is 10. The topological polar surface area (TPSA) is 220 Å². The molecule has 0 saturated heterocycles. The number of methoxy groups -OCH3 is 1. The Morgan fingerprint density at radius 2 is 1.48 bits per heavy atom. The standard InChI is InChI=1S/C44H42N4O10/c1-57-38-22-29(14-15-30(38)24-45-25-37(50)34-16-18-36(49)40-35(34)17-19-39(51)48-40)42(53)47-21-20-46-41(52)28-12-10-27(11-13-28)26-58-33-9-5-8-32(23-33)44(56,43(54)55)31-6-3-2-4-7-31/h2-19,22-23,37,45,49-50,56H,20-21,24-26H2,1H3,(H,46,52)(H,47,53)(H,48,51)(H,54,55). The number of rotatable bonds is 17. The van der Waals surface area contributed by atoms with Gasteiger partial charge in [-0.15, -0.1) is 0 Å². The van der Waals surface area contributed by atoms with Gasteiger partial charge in [0.25, 0.3) is 11.8 Å². The summed E-state index contributed by atoms with van der Waals surface area (Å²) >= 11 is 0. The second kappa shape index (κ2) is 18.3. The minimum absolute atomic E-state index is 0.0930. The highest BCUT2D eigenvalue weighted by Gasteiger charge is 2.40. The van der Waals surface area contributed by atoms with Crippen LogP contribution in [0.1, 0.15) is 54.6 Å². The first-order valence-electron chi connectivity index (χ1n) is 18.3. The molecule has 0 bridgehead atoms. The number of H-pyrrole nitrogens is 1. The number of benzene rings is 5. The zero-order chi connectivity index (χ0) is 41.2. The Kier molecular flexibility index (Phi) is 12.8. The molecule has 0 aliphatic heterocycles.